The van der Waals surface area contributed by atoms with Crippen molar-refractivity contribution in [2.45, 2.75) is 193 Å². The predicted octanol–water partition coefficient (Wildman–Crippen LogP) is 12.1. The molecule has 274 valence electrons. The molecule has 1 heterocycles. The van der Waals surface area contributed by atoms with Crippen LogP contribution in [0.2, 0.25) is 0 Å². The van der Waals surface area contributed by atoms with Crippen LogP contribution < -0.4 is 0 Å². The molecular formula is C43H79NO3. The highest BCUT2D eigenvalue weighted by atomic mass is 16.5. The molecule has 1 aliphatic rings. The maximum Gasteiger partial charge on any atom is 0.0975 e. The van der Waals surface area contributed by atoms with E-state index >= 15 is 0 Å². The summed E-state index contributed by atoms with van der Waals surface area (Å²) in [6, 6.07) is 0. The Kier molecular flexibility index (Phi) is 32.3. The molecule has 1 rings (SSSR count). The molecule has 0 spiro atoms. The first kappa shape index (κ1) is 43.8. The van der Waals surface area contributed by atoms with E-state index in [9.17, 15) is 5.11 Å². The largest absolute Gasteiger partial charge is 0.392 e. The Bertz CT molecular complexity index is 700. The number of allylic oxidation sites excluding steroid dienone is 8. The number of hydrogen-bond acceptors (Lipinski definition) is 4. The molecule has 0 saturated carbocycles. The van der Waals surface area contributed by atoms with Crippen molar-refractivity contribution in [1.29, 1.82) is 0 Å². The van der Waals surface area contributed by atoms with Gasteiger partial charge in [-0.2, -0.15) is 0 Å². The summed E-state index contributed by atoms with van der Waals surface area (Å²) in [7, 11) is 0. The summed E-state index contributed by atoms with van der Waals surface area (Å²) in [4.78, 5) is 2.32. The minimum Gasteiger partial charge on any atom is -0.392 e. The topological polar surface area (TPSA) is 41.9 Å². The molecule has 0 aliphatic carbocycles. The predicted molar refractivity (Wildman–Crippen MR) is 206 cm³/mol. The summed E-state index contributed by atoms with van der Waals surface area (Å²) in [6.45, 7) is 10.5. The van der Waals surface area contributed by atoms with E-state index in [0.29, 0.717) is 6.54 Å². The Morgan fingerprint density at radius 1 is 0.511 bits per heavy atom. The van der Waals surface area contributed by atoms with Crippen LogP contribution in [0.15, 0.2) is 48.6 Å². The molecule has 0 bridgehead atoms. The molecule has 1 fully saturated rings. The lowest BCUT2D eigenvalue weighted by Gasteiger charge is -2.20. The van der Waals surface area contributed by atoms with Gasteiger partial charge in [0, 0.05) is 32.8 Å². The van der Waals surface area contributed by atoms with Gasteiger partial charge in [0.25, 0.3) is 0 Å². The summed E-state index contributed by atoms with van der Waals surface area (Å²) < 4.78 is 12.7. The van der Waals surface area contributed by atoms with Gasteiger partial charge < -0.3 is 14.6 Å². The first-order valence-electron chi connectivity index (χ1n) is 20.4. The summed E-state index contributed by atoms with van der Waals surface area (Å²) in [5.74, 6) is 0. The van der Waals surface area contributed by atoms with Crippen LogP contribution in [0.1, 0.15) is 175 Å². The zero-order valence-electron chi connectivity index (χ0n) is 31.6. The summed E-state index contributed by atoms with van der Waals surface area (Å²) in [5, 5.41) is 9.91. The Morgan fingerprint density at radius 3 is 1.21 bits per heavy atom. The van der Waals surface area contributed by atoms with Crippen LogP contribution in [-0.4, -0.2) is 61.2 Å². The third-order valence-electron chi connectivity index (χ3n) is 9.17. The lowest BCUT2D eigenvalue weighted by Crippen LogP contribution is -2.30. The third kappa shape index (κ3) is 29.4. The van der Waals surface area contributed by atoms with Crippen molar-refractivity contribution in [3.05, 3.63) is 48.6 Å². The molecular weight excluding hydrogens is 578 g/mol. The van der Waals surface area contributed by atoms with E-state index in [1.165, 1.54) is 128 Å². The van der Waals surface area contributed by atoms with Gasteiger partial charge in [0.2, 0.25) is 0 Å². The molecule has 4 heteroatoms. The van der Waals surface area contributed by atoms with Crippen molar-refractivity contribution in [2.75, 3.05) is 32.8 Å². The van der Waals surface area contributed by atoms with Gasteiger partial charge in [-0.3, -0.25) is 4.90 Å². The van der Waals surface area contributed by atoms with Crippen LogP contribution in [0, 0.1) is 0 Å². The van der Waals surface area contributed by atoms with Crippen molar-refractivity contribution in [1.82, 2.24) is 4.90 Å². The molecule has 1 aliphatic heterocycles. The lowest BCUT2D eigenvalue weighted by atomic mass is 10.1. The number of unbranched alkanes of at least 4 members (excludes halogenated alkanes) is 18. The number of aliphatic hydroxyl groups excluding tert-OH is 1. The minimum absolute atomic E-state index is 0.135. The monoisotopic (exact) mass is 658 g/mol. The molecule has 47 heavy (non-hydrogen) atoms. The molecule has 0 amide bonds. The van der Waals surface area contributed by atoms with Crippen molar-refractivity contribution in [3.8, 4) is 0 Å². The van der Waals surface area contributed by atoms with E-state index in [4.69, 9.17) is 9.47 Å². The summed E-state index contributed by atoms with van der Waals surface area (Å²) in [5.41, 5.74) is 0. The molecule has 0 aromatic carbocycles. The minimum atomic E-state index is -0.310. The second-order valence-corrected chi connectivity index (χ2v) is 14.1. The van der Waals surface area contributed by atoms with Crippen LogP contribution in [-0.2, 0) is 9.47 Å². The number of nitrogens with zero attached hydrogens (tertiary/aromatic N) is 1. The first-order valence-corrected chi connectivity index (χ1v) is 20.4. The van der Waals surface area contributed by atoms with E-state index in [2.05, 4.69) is 67.4 Å². The SMILES string of the molecule is CCCCC/C=C\C/C=C\CCCCCCCCOC1CN(CC(C)O)C[C@H]1OCCCCCCCC/C=C\C/C=C\CCCCC. The zero-order valence-corrected chi connectivity index (χ0v) is 31.6. The third-order valence-corrected chi connectivity index (χ3v) is 9.17. The molecule has 0 aromatic heterocycles. The van der Waals surface area contributed by atoms with Gasteiger partial charge in [-0.15, -0.1) is 0 Å². The van der Waals surface area contributed by atoms with E-state index in [1.807, 2.05) is 6.92 Å². The van der Waals surface area contributed by atoms with E-state index in [1.54, 1.807) is 0 Å². The molecule has 3 atom stereocenters. The van der Waals surface area contributed by atoms with Crippen LogP contribution in [0.25, 0.3) is 0 Å². The molecule has 0 aromatic rings. The van der Waals surface area contributed by atoms with Gasteiger partial charge in [0.05, 0.1) is 18.3 Å². The van der Waals surface area contributed by atoms with Gasteiger partial charge in [-0.05, 0) is 84.0 Å². The second kappa shape index (κ2) is 34.7. The van der Waals surface area contributed by atoms with E-state index < -0.39 is 0 Å². The standard InChI is InChI=1S/C43H79NO3/c1-4-6-8-10-12-14-16-18-20-22-24-26-28-30-32-34-36-46-42-39-44(38-41(3)45)40-43(42)47-37-35-33-31-29-27-25-23-21-19-17-15-13-11-9-7-5-2/h12-15,18-21,41-43,45H,4-11,16-17,22-40H2,1-3H3/b14-12-,15-13-,20-18-,21-19-/t41?,42-,43?/m1/s1. The highest BCUT2D eigenvalue weighted by Crippen LogP contribution is 2.19. The highest BCUT2D eigenvalue weighted by Gasteiger charge is 2.34. The number of ether oxygens (including phenoxy) is 2. The van der Waals surface area contributed by atoms with Gasteiger partial charge in [0.1, 0.15) is 0 Å². The highest BCUT2D eigenvalue weighted by molar-refractivity contribution is 4.93. The lowest BCUT2D eigenvalue weighted by molar-refractivity contribution is -0.0481. The van der Waals surface area contributed by atoms with E-state index in [-0.39, 0.29) is 18.3 Å². The Balaban J connectivity index is 2.04. The van der Waals surface area contributed by atoms with Crippen molar-refractivity contribution < 1.29 is 14.6 Å². The fraction of sp³-hybridized carbons (Fsp3) is 0.814. The van der Waals surface area contributed by atoms with Gasteiger partial charge >= 0.3 is 0 Å². The molecule has 0 radical (unpaired) electrons. The molecule has 4 nitrogen and oxygen atoms in total. The molecule has 1 N–H and O–H groups in total. The van der Waals surface area contributed by atoms with Gasteiger partial charge in [0.15, 0.2) is 0 Å². The van der Waals surface area contributed by atoms with Gasteiger partial charge in [-0.25, -0.2) is 0 Å². The average molecular weight is 658 g/mol. The molecule has 2 unspecified atom stereocenters. The first-order chi connectivity index (χ1) is 23.2. The van der Waals surface area contributed by atoms with Crippen LogP contribution in [0.5, 0.6) is 0 Å². The number of β-amino-alcohol motifs (C(OH)–C–C–N with tert-alkyl or cyclic N) is 1. The summed E-state index contributed by atoms with van der Waals surface area (Å²) >= 11 is 0. The quantitative estimate of drug-likeness (QED) is 0.0552. The Hall–Kier alpha value is -1.20. The summed E-state index contributed by atoms with van der Waals surface area (Å²) in [6.07, 6.45) is 49.0. The smallest absolute Gasteiger partial charge is 0.0975 e. The normalized spacial score (nSPS) is 18.3. The van der Waals surface area contributed by atoms with Crippen molar-refractivity contribution in [3.63, 3.8) is 0 Å². The van der Waals surface area contributed by atoms with Crippen molar-refractivity contribution >= 4 is 0 Å². The van der Waals surface area contributed by atoms with E-state index in [0.717, 1.165) is 52.0 Å². The van der Waals surface area contributed by atoms with Gasteiger partial charge in [-0.1, -0.05) is 140 Å². The number of likely N-dealkylation sites (tertiary alicyclic amines) is 1. The number of aliphatic hydroxyl groups is 1. The van der Waals surface area contributed by atoms with Crippen molar-refractivity contribution in [2.24, 2.45) is 0 Å². The zero-order chi connectivity index (χ0) is 33.9. The number of hydrogen-bond donors (Lipinski definition) is 1. The average Bonchev–Trinajstić information content (AvgIpc) is 3.44. The van der Waals surface area contributed by atoms with Crippen LogP contribution in [0.3, 0.4) is 0 Å². The number of rotatable bonds is 34. The molecule has 1 saturated heterocycles. The maximum atomic E-state index is 9.91. The fourth-order valence-electron chi connectivity index (χ4n) is 6.31. The maximum absolute atomic E-state index is 9.91. The Morgan fingerprint density at radius 2 is 0.851 bits per heavy atom. The second-order valence-electron chi connectivity index (χ2n) is 14.1. The Labute approximate surface area is 293 Å². The van der Waals surface area contributed by atoms with Crippen LogP contribution in [0.4, 0.5) is 0 Å². The fourth-order valence-corrected chi connectivity index (χ4v) is 6.31. The van der Waals surface area contributed by atoms with Crippen LogP contribution >= 0.6 is 0 Å².